The molecule has 11 heteroatoms. The van der Waals surface area contributed by atoms with Crippen LogP contribution in [-0.4, -0.2) is 67.1 Å². The highest BCUT2D eigenvalue weighted by molar-refractivity contribution is 7.22. The average Bonchev–Trinajstić information content (AvgIpc) is 3.41. The lowest BCUT2D eigenvalue weighted by atomic mass is 10.3. The number of furan rings is 1. The van der Waals surface area contributed by atoms with Crippen molar-refractivity contribution in [2.24, 2.45) is 0 Å². The van der Waals surface area contributed by atoms with E-state index in [1.807, 2.05) is 18.2 Å². The quantitative estimate of drug-likeness (QED) is 0.448. The van der Waals surface area contributed by atoms with E-state index in [1.54, 1.807) is 18.4 Å². The number of anilines is 1. The Bertz CT molecular complexity index is 1060. The number of aromatic nitrogens is 1. The molecule has 30 heavy (non-hydrogen) atoms. The third-order valence-electron chi connectivity index (χ3n) is 4.94. The zero-order valence-electron chi connectivity index (χ0n) is 16.4. The van der Waals surface area contributed by atoms with Gasteiger partial charge in [0, 0.05) is 39.3 Å². The summed E-state index contributed by atoms with van der Waals surface area (Å²) in [6.07, 6.45) is 0. The van der Waals surface area contributed by atoms with E-state index in [1.165, 1.54) is 12.1 Å². The molecule has 1 aliphatic heterocycles. The van der Waals surface area contributed by atoms with Crippen molar-refractivity contribution in [3.05, 3.63) is 46.2 Å². The van der Waals surface area contributed by atoms with Gasteiger partial charge in [-0.15, -0.1) is 0 Å². The first kappa shape index (κ1) is 20.1. The summed E-state index contributed by atoms with van der Waals surface area (Å²) in [5.74, 6) is -0.121. The zero-order valence-corrected chi connectivity index (χ0v) is 17.2. The Hall–Kier alpha value is -3.18. The van der Waals surface area contributed by atoms with Crippen LogP contribution in [0.1, 0.15) is 10.6 Å². The lowest BCUT2D eigenvalue weighted by molar-refractivity contribution is -0.402. The second-order valence-corrected chi connectivity index (χ2v) is 7.82. The first-order valence-electron chi connectivity index (χ1n) is 9.48. The molecule has 0 bridgehead atoms. The van der Waals surface area contributed by atoms with Crippen molar-refractivity contribution < 1.29 is 18.9 Å². The molecule has 1 N–H and O–H groups in total. The number of thiazole rings is 1. The van der Waals surface area contributed by atoms with Crippen LogP contribution in [-0.2, 0) is 0 Å². The second-order valence-electron chi connectivity index (χ2n) is 6.81. The van der Waals surface area contributed by atoms with E-state index in [9.17, 15) is 14.9 Å². The SMILES string of the molecule is COc1ccc2nc(N3CCN(CCNC(=O)c4ccc([N+](=O)[O-])o4)CC3)sc2c1. The molecule has 0 saturated carbocycles. The zero-order chi connectivity index (χ0) is 21.1. The summed E-state index contributed by atoms with van der Waals surface area (Å²) in [5.41, 5.74) is 0.971. The van der Waals surface area contributed by atoms with Crippen molar-refractivity contribution in [3.63, 3.8) is 0 Å². The molecule has 0 aliphatic carbocycles. The van der Waals surface area contributed by atoms with Gasteiger partial charge in [-0.3, -0.25) is 19.8 Å². The molecule has 2 aromatic heterocycles. The van der Waals surface area contributed by atoms with E-state index in [0.717, 1.165) is 47.3 Å². The molecule has 0 unspecified atom stereocenters. The molecular weight excluding hydrogens is 410 g/mol. The number of hydrogen-bond donors (Lipinski definition) is 1. The van der Waals surface area contributed by atoms with Crippen molar-refractivity contribution >= 4 is 38.5 Å². The van der Waals surface area contributed by atoms with Crippen LogP contribution in [0.25, 0.3) is 10.2 Å². The fourth-order valence-corrected chi connectivity index (χ4v) is 4.33. The van der Waals surface area contributed by atoms with Crippen LogP contribution >= 0.6 is 11.3 Å². The lowest BCUT2D eigenvalue weighted by Crippen LogP contribution is -2.48. The van der Waals surface area contributed by atoms with Gasteiger partial charge < -0.3 is 19.4 Å². The number of amides is 1. The normalized spacial score (nSPS) is 14.8. The third-order valence-corrected chi connectivity index (χ3v) is 6.02. The Morgan fingerprint density at radius 1 is 1.30 bits per heavy atom. The Kier molecular flexibility index (Phi) is 5.81. The maximum Gasteiger partial charge on any atom is 0.433 e. The van der Waals surface area contributed by atoms with Gasteiger partial charge in [0.15, 0.2) is 10.9 Å². The molecule has 1 saturated heterocycles. The number of nitro groups is 1. The summed E-state index contributed by atoms with van der Waals surface area (Å²) in [4.78, 5) is 31.2. The molecule has 0 radical (unpaired) electrons. The Morgan fingerprint density at radius 3 is 2.80 bits per heavy atom. The predicted molar refractivity (Wildman–Crippen MR) is 113 cm³/mol. The maximum absolute atomic E-state index is 12.0. The molecular formula is C19H21N5O5S. The highest BCUT2D eigenvalue weighted by Crippen LogP contribution is 2.31. The summed E-state index contributed by atoms with van der Waals surface area (Å²) in [6, 6.07) is 8.37. The molecule has 3 aromatic rings. The molecule has 158 valence electrons. The largest absolute Gasteiger partial charge is 0.497 e. The van der Waals surface area contributed by atoms with Gasteiger partial charge >= 0.3 is 5.88 Å². The number of hydrogen-bond acceptors (Lipinski definition) is 9. The minimum absolute atomic E-state index is 0.0565. The lowest BCUT2D eigenvalue weighted by Gasteiger charge is -2.34. The molecule has 1 aliphatic rings. The first-order valence-corrected chi connectivity index (χ1v) is 10.3. The molecule has 1 aromatic carbocycles. The minimum Gasteiger partial charge on any atom is -0.497 e. The highest BCUT2D eigenvalue weighted by Gasteiger charge is 2.21. The van der Waals surface area contributed by atoms with Crippen LogP contribution < -0.4 is 15.0 Å². The van der Waals surface area contributed by atoms with E-state index in [0.29, 0.717) is 13.1 Å². The first-order chi connectivity index (χ1) is 14.5. The van der Waals surface area contributed by atoms with Crippen LogP contribution in [0.2, 0.25) is 0 Å². The van der Waals surface area contributed by atoms with Gasteiger partial charge in [-0.1, -0.05) is 11.3 Å². The molecule has 1 amide bonds. The molecule has 0 spiro atoms. The number of ether oxygens (including phenoxy) is 1. The van der Waals surface area contributed by atoms with Gasteiger partial charge in [-0.05, 0) is 24.3 Å². The standard InChI is InChI=1S/C19H21N5O5S/c1-28-13-2-3-14-16(12-13)30-19(21-14)23-10-8-22(9-11-23)7-6-20-18(25)15-4-5-17(29-15)24(26)27/h2-5,12H,6-11H2,1H3,(H,20,25). The van der Waals surface area contributed by atoms with E-state index >= 15 is 0 Å². The Morgan fingerprint density at radius 2 is 2.10 bits per heavy atom. The molecule has 10 nitrogen and oxygen atoms in total. The number of benzene rings is 1. The number of methoxy groups -OCH3 is 1. The van der Waals surface area contributed by atoms with Gasteiger partial charge in [0.25, 0.3) is 5.91 Å². The summed E-state index contributed by atoms with van der Waals surface area (Å²) in [5, 5.41) is 14.4. The van der Waals surface area contributed by atoms with Crippen molar-refractivity contribution in [3.8, 4) is 5.75 Å². The van der Waals surface area contributed by atoms with E-state index < -0.39 is 16.7 Å². The third kappa shape index (κ3) is 4.36. The predicted octanol–water partition coefficient (Wildman–Crippen LogP) is 2.36. The van der Waals surface area contributed by atoms with Crippen LogP contribution in [0.4, 0.5) is 11.0 Å². The number of nitrogens with zero attached hydrogens (tertiary/aromatic N) is 4. The van der Waals surface area contributed by atoms with E-state index in [-0.39, 0.29) is 5.76 Å². The summed E-state index contributed by atoms with van der Waals surface area (Å²) in [7, 11) is 1.66. The van der Waals surface area contributed by atoms with Crippen molar-refractivity contribution in [1.82, 2.24) is 15.2 Å². The number of rotatable bonds is 7. The average molecular weight is 431 g/mol. The van der Waals surface area contributed by atoms with Crippen LogP contribution in [0.5, 0.6) is 5.75 Å². The second kappa shape index (κ2) is 8.67. The fraction of sp³-hybridized carbons (Fsp3) is 0.368. The van der Waals surface area contributed by atoms with Gasteiger partial charge in [0.2, 0.25) is 0 Å². The van der Waals surface area contributed by atoms with Gasteiger partial charge in [0.1, 0.15) is 10.7 Å². The Labute approximate surface area is 176 Å². The Balaban J connectivity index is 1.24. The topological polar surface area (TPSA) is 114 Å². The van der Waals surface area contributed by atoms with Crippen LogP contribution in [0, 0.1) is 10.1 Å². The van der Waals surface area contributed by atoms with Crippen LogP contribution in [0.15, 0.2) is 34.7 Å². The van der Waals surface area contributed by atoms with Crippen molar-refractivity contribution in [2.75, 3.05) is 51.3 Å². The summed E-state index contributed by atoms with van der Waals surface area (Å²) < 4.78 is 11.3. The molecule has 3 heterocycles. The van der Waals surface area contributed by atoms with Crippen LogP contribution in [0.3, 0.4) is 0 Å². The summed E-state index contributed by atoms with van der Waals surface area (Å²) >= 11 is 1.66. The number of carbonyl (C=O) groups is 1. The van der Waals surface area contributed by atoms with Crippen molar-refractivity contribution in [1.29, 1.82) is 0 Å². The molecule has 4 rings (SSSR count). The van der Waals surface area contributed by atoms with Gasteiger partial charge in [-0.2, -0.15) is 0 Å². The monoisotopic (exact) mass is 431 g/mol. The number of fused-ring (bicyclic) bond motifs is 1. The van der Waals surface area contributed by atoms with Gasteiger partial charge in [-0.25, -0.2) is 4.98 Å². The van der Waals surface area contributed by atoms with E-state index in [2.05, 4.69) is 15.1 Å². The number of nitrogens with one attached hydrogen (secondary N) is 1. The highest BCUT2D eigenvalue weighted by atomic mass is 32.1. The van der Waals surface area contributed by atoms with Gasteiger partial charge in [0.05, 0.1) is 23.4 Å². The van der Waals surface area contributed by atoms with Crippen molar-refractivity contribution in [2.45, 2.75) is 0 Å². The minimum atomic E-state index is -0.668. The fourth-order valence-electron chi connectivity index (χ4n) is 3.28. The molecule has 0 atom stereocenters. The number of carbonyl (C=O) groups excluding carboxylic acids is 1. The number of piperazine rings is 1. The smallest absolute Gasteiger partial charge is 0.433 e. The maximum atomic E-state index is 12.0. The molecule has 1 fully saturated rings. The van der Waals surface area contributed by atoms with E-state index in [4.69, 9.17) is 14.1 Å². The summed E-state index contributed by atoms with van der Waals surface area (Å²) in [6.45, 7) is 4.57.